The summed E-state index contributed by atoms with van der Waals surface area (Å²) in [5.74, 6) is 1.53. The second-order valence-electron chi connectivity index (χ2n) is 5.57. The minimum absolute atomic E-state index is 0.0579. The molecule has 3 heteroatoms. The van der Waals surface area contributed by atoms with Gasteiger partial charge in [0.05, 0.1) is 19.6 Å². The molecule has 0 heterocycles. The summed E-state index contributed by atoms with van der Waals surface area (Å²) < 4.78 is 10.5. The number of carbonyl (C=O) groups is 1. The average Bonchev–Trinajstić information content (AvgIpc) is 2.63. The highest BCUT2D eigenvalue weighted by Gasteiger charge is 2.27. The molecule has 132 valence electrons. The Labute approximate surface area is 142 Å². The smallest absolute Gasteiger partial charge is 0.308 e. The van der Waals surface area contributed by atoms with Crippen LogP contribution in [0.2, 0.25) is 0 Å². The second kappa shape index (κ2) is 14.1. The maximum Gasteiger partial charge on any atom is 0.308 e. The zero-order chi connectivity index (χ0) is 17.5. The fourth-order valence-corrected chi connectivity index (χ4v) is 2.46. The molecular weight excluding hydrogens is 288 g/mol. The lowest BCUT2D eigenvalue weighted by Crippen LogP contribution is -2.25. The van der Waals surface area contributed by atoms with E-state index in [0.29, 0.717) is 5.92 Å². The Morgan fingerprint density at radius 2 is 1.57 bits per heavy atom. The first kappa shape index (κ1) is 21.5. The van der Waals surface area contributed by atoms with E-state index in [1.807, 2.05) is 44.2 Å². The van der Waals surface area contributed by atoms with Crippen LogP contribution in [0.4, 0.5) is 0 Å². The molecule has 0 N–H and O–H groups in total. The summed E-state index contributed by atoms with van der Waals surface area (Å²) >= 11 is 0. The van der Waals surface area contributed by atoms with Crippen molar-refractivity contribution in [3.8, 4) is 5.75 Å². The number of hydrogen-bond acceptors (Lipinski definition) is 3. The Morgan fingerprint density at radius 3 is 2.04 bits per heavy atom. The van der Waals surface area contributed by atoms with Gasteiger partial charge in [0.2, 0.25) is 0 Å². The molecule has 1 saturated carbocycles. The highest BCUT2D eigenvalue weighted by Crippen LogP contribution is 2.30. The molecule has 0 spiro atoms. The first-order chi connectivity index (χ1) is 11.2. The number of rotatable bonds is 4. The number of benzene rings is 1. The SMILES string of the molecule is CC.CCC.COC(=O)C1CCC(COc2ccccc2)CC1. The topological polar surface area (TPSA) is 35.5 Å². The number of esters is 1. The minimum atomic E-state index is -0.0579. The van der Waals surface area contributed by atoms with Crippen molar-refractivity contribution in [1.82, 2.24) is 0 Å². The lowest BCUT2D eigenvalue weighted by Gasteiger charge is -2.26. The molecule has 1 aromatic rings. The molecule has 2 rings (SSSR count). The van der Waals surface area contributed by atoms with Crippen LogP contribution in [0.15, 0.2) is 30.3 Å². The molecule has 0 amide bonds. The van der Waals surface area contributed by atoms with Crippen molar-refractivity contribution < 1.29 is 14.3 Å². The Hall–Kier alpha value is -1.51. The van der Waals surface area contributed by atoms with Gasteiger partial charge in [-0.25, -0.2) is 0 Å². The van der Waals surface area contributed by atoms with Crippen LogP contribution in [0.3, 0.4) is 0 Å². The highest BCUT2D eigenvalue weighted by molar-refractivity contribution is 5.72. The van der Waals surface area contributed by atoms with Crippen LogP contribution >= 0.6 is 0 Å². The lowest BCUT2D eigenvalue weighted by atomic mass is 9.82. The summed E-state index contributed by atoms with van der Waals surface area (Å²) in [6.45, 7) is 9.00. The van der Waals surface area contributed by atoms with Crippen LogP contribution in [0.25, 0.3) is 0 Å². The van der Waals surface area contributed by atoms with E-state index in [4.69, 9.17) is 9.47 Å². The van der Waals surface area contributed by atoms with Crippen molar-refractivity contribution in [2.75, 3.05) is 13.7 Å². The number of ether oxygens (including phenoxy) is 2. The third-order valence-electron chi connectivity index (χ3n) is 3.61. The first-order valence-corrected chi connectivity index (χ1v) is 8.96. The number of hydrogen-bond donors (Lipinski definition) is 0. The van der Waals surface area contributed by atoms with Crippen molar-refractivity contribution in [3.05, 3.63) is 30.3 Å². The third-order valence-corrected chi connectivity index (χ3v) is 3.61. The van der Waals surface area contributed by atoms with Crippen LogP contribution in [-0.2, 0) is 9.53 Å². The molecule has 0 saturated heterocycles. The third kappa shape index (κ3) is 9.27. The number of para-hydroxylation sites is 1. The van der Waals surface area contributed by atoms with Gasteiger partial charge in [-0.2, -0.15) is 0 Å². The molecule has 23 heavy (non-hydrogen) atoms. The normalized spacial score (nSPS) is 19.3. The summed E-state index contributed by atoms with van der Waals surface area (Å²) in [5, 5.41) is 0. The van der Waals surface area contributed by atoms with E-state index in [0.717, 1.165) is 38.0 Å². The van der Waals surface area contributed by atoms with Gasteiger partial charge in [-0.15, -0.1) is 0 Å². The van der Waals surface area contributed by atoms with E-state index in [-0.39, 0.29) is 11.9 Å². The fourth-order valence-electron chi connectivity index (χ4n) is 2.46. The van der Waals surface area contributed by atoms with Crippen molar-refractivity contribution in [2.45, 2.75) is 59.8 Å². The van der Waals surface area contributed by atoms with Crippen molar-refractivity contribution in [1.29, 1.82) is 0 Å². The summed E-state index contributed by atoms with van der Waals surface area (Å²) in [5.41, 5.74) is 0. The Morgan fingerprint density at radius 1 is 1.04 bits per heavy atom. The van der Waals surface area contributed by atoms with Gasteiger partial charge >= 0.3 is 5.97 Å². The number of methoxy groups -OCH3 is 1. The standard InChI is InChI=1S/C15H20O3.C3H8.C2H6/c1-17-15(16)13-9-7-12(8-10-13)11-18-14-5-3-2-4-6-14;1-3-2;1-2/h2-6,12-13H,7-11H2,1H3;3H2,1-2H3;1-2H3. The van der Waals surface area contributed by atoms with Gasteiger partial charge in [-0.1, -0.05) is 52.3 Å². The van der Waals surface area contributed by atoms with Gasteiger partial charge < -0.3 is 9.47 Å². The monoisotopic (exact) mass is 322 g/mol. The molecule has 0 atom stereocenters. The minimum Gasteiger partial charge on any atom is -0.493 e. The quantitative estimate of drug-likeness (QED) is 0.688. The van der Waals surface area contributed by atoms with Gasteiger partial charge in [0, 0.05) is 0 Å². The van der Waals surface area contributed by atoms with Crippen LogP contribution in [0.1, 0.15) is 59.8 Å². The predicted molar refractivity (Wildman–Crippen MR) is 96.7 cm³/mol. The van der Waals surface area contributed by atoms with Gasteiger partial charge in [0.25, 0.3) is 0 Å². The zero-order valence-electron chi connectivity index (χ0n) is 15.5. The average molecular weight is 322 g/mol. The molecule has 0 unspecified atom stereocenters. The van der Waals surface area contributed by atoms with E-state index in [1.54, 1.807) is 0 Å². The molecule has 1 aliphatic rings. The summed E-state index contributed by atoms with van der Waals surface area (Å²) in [4.78, 5) is 11.4. The molecule has 1 aromatic carbocycles. The fraction of sp³-hybridized carbons (Fsp3) is 0.650. The Balaban J connectivity index is 0.000000868. The molecular formula is C20H34O3. The maximum atomic E-state index is 11.4. The van der Waals surface area contributed by atoms with Crippen LogP contribution < -0.4 is 4.74 Å². The van der Waals surface area contributed by atoms with Gasteiger partial charge in [-0.3, -0.25) is 4.79 Å². The molecule has 3 nitrogen and oxygen atoms in total. The van der Waals surface area contributed by atoms with Crippen molar-refractivity contribution >= 4 is 5.97 Å². The van der Waals surface area contributed by atoms with Crippen molar-refractivity contribution in [3.63, 3.8) is 0 Å². The van der Waals surface area contributed by atoms with Gasteiger partial charge in [0.1, 0.15) is 5.75 Å². The van der Waals surface area contributed by atoms with Crippen LogP contribution in [-0.4, -0.2) is 19.7 Å². The van der Waals surface area contributed by atoms with E-state index >= 15 is 0 Å². The molecule has 0 bridgehead atoms. The molecule has 1 aliphatic carbocycles. The second-order valence-corrected chi connectivity index (χ2v) is 5.57. The van der Waals surface area contributed by atoms with E-state index in [2.05, 4.69) is 13.8 Å². The molecule has 0 radical (unpaired) electrons. The molecule has 1 fully saturated rings. The van der Waals surface area contributed by atoms with E-state index < -0.39 is 0 Å². The Kier molecular flexibility index (Phi) is 13.2. The predicted octanol–water partition coefficient (Wildman–Crippen LogP) is 5.49. The first-order valence-electron chi connectivity index (χ1n) is 8.96. The summed E-state index contributed by atoms with van der Waals surface area (Å²) in [7, 11) is 1.47. The number of carbonyl (C=O) groups excluding carboxylic acids is 1. The molecule has 0 aromatic heterocycles. The van der Waals surface area contributed by atoms with Crippen LogP contribution in [0.5, 0.6) is 5.75 Å². The van der Waals surface area contributed by atoms with E-state index in [9.17, 15) is 4.79 Å². The molecule has 0 aliphatic heterocycles. The van der Waals surface area contributed by atoms with Gasteiger partial charge in [-0.05, 0) is 43.7 Å². The highest BCUT2D eigenvalue weighted by atomic mass is 16.5. The summed E-state index contributed by atoms with van der Waals surface area (Å²) in [6.07, 6.45) is 5.20. The Bertz CT molecular complexity index is 381. The maximum absolute atomic E-state index is 11.4. The summed E-state index contributed by atoms with van der Waals surface area (Å²) in [6, 6.07) is 9.88. The van der Waals surface area contributed by atoms with Gasteiger partial charge in [0.15, 0.2) is 0 Å². The lowest BCUT2D eigenvalue weighted by molar-refractivity contribution is -0.146. The zero-order valence-corrected chi connectivity index (χ0v) is 15.5. The van der Waals surface area contributed by atoms with E-state index in [1.165, 1.54) is 13.5 Å². The van der Waals surface area contributed by atoms with Crippen molar-refractivity contribution in [2.24, 2.45) is 11.8 Å². The largest absolute Gasteiger partial charge is 0.493 e. The van der Waals surface area contributed by atoms with Crippen LogP contribution in [0, 0.1) is 11.8 Å².